The van der Waals surface area contributed by atoms with Gasteiger partial charge >= 0.3 is 20.3 Å². The van der Waals surface area contributed by atoms with Gasteiger partial charge in [0.05, 0.1) is 30.3 Å². The summed E-state index contributed by atoms with van der Waals surface area (Å²) in [5, 5.41) is 0. The van der Waals surface area contributed by atoms with Crippen LogP contribution in [0.25, 0.3) is 0 Å². The third-order valence-corrected chi connectivity index (χ3v) is 5.99. The molecule has 0 amide bonds. The Morgan fingerprint density at radius 1 is 1.33 bits per heavy atom. The van der Waals surface area contributed by atoms with E-state index in [9.17, 15) is 18.9 Å². The highest BCUT2D eigenvalue weighted by atomic mass is 31.1. The number of nitrogens with one attached hydrogen (secondary N) is 1. The molecule has 0 radical (unpaired) electrons. The fraction of sp³-hybridized carbons (Fsp3) is 0.762. The van der Waals surface area contributed by atoms with Crippen LogP contribution in [0.15, 0.2) is 21.9 Å². The normalized spacial score (nSPS) is 26.1. The Kier molecular flexibility index (Phi) is 10.4. The van der Waals surface area contributed by atoms with Gasteiger partial charge in [-0.2, -0.15) is 0 Å². The van der Waals surface area contributed by atoms with Crippen molar-refractivity contribution in [2.45, 2.75) is 70.9 Å². The van der Waals surface area contributed by atoms with Gasteiger partial charge in [-0.05, 0) is 40.0 Å². The lowest BCUT2D eigenvalue weighted by molar-refractivity contribution is -0.152. The summed E-state index contributed by atoms with van der Waals surface area (Å²) in [5.74, 6) is -0.685. The first-order chi connectivity index (χ1) is 15.6. The van der Waals surface area contributed by atoms with Gasteiger partial charge < -0.3 is 19.9 Å². The van der Waals surface area contributed by atoms with E-state index in [2.05, 4.69) is 4.98 Å². The number of H-pyrrole nitrogens is 1. The second-order valence-electron chi connectivity index (χ2n) is 8.82. The average molecular weight is 487 g/mol. The molecule has 2 rings (SSSR count). The molecular formula is C21H34N3O8P. The molecule has 1 unspecified atom stereocenters. The number of ether oxygens (including phenoxy) is 3. The lowest BCUT2D eigenvalue weighted by Crippen LogP contribution is -2.51. The second kappa shape index (κ2) is 12.5. The number of carbonyl (C=O) groups is 1. The standard InChI is InChI=1S/C21H34N3O8P/c1-13(2)31-18(26)14(3)6-5-10-29-11-8-15-16(12-30-33-28)32-19(21(15,4)22)24-9-7-17(25)23-20(24)27/h7,9,13-16,19H,5-6,8,10-12,22H2,1-4H3,(H,23,25,27)/t14?,15-,16-,19-,21-/m1/s1. The molecule has 1 aromatic heterocycles. The van der Waals surface area contributed by atoms with Gasteiger partial charge in [-0.3, -0.25) is 23.7 Å². The van der Waals surface area contributed by atoms with Gasteiger partial charge in [-0.25, -0.2) is 9.36 Å². The fourth-order valence-corrected chi connectivity index (χ4v) is 4.20. The van der Waals surface area contributed by atoms with E-state index in [0.29, 0.717) is 32.5 Å². The van der Waals surface area contributed by atoms with E-state index >= 15 is 0 Å². The first kappa shape index (κ1) is 27.3. The quantitative estimate of drug-likeness (QED) is 0.241. The molecule has 0 spiro atoms. The van der Waals surface area contributed by atoms with Gasteiger partial charge in [0.1, 0.15) is 0 Å². The van der Waals surface area contributed by atoms with Crippen molar-refractivity contribution in [3.05, 3.63) is 33.1 Å². The van der Waals surface area contributed by atoms with Crippen LogP contribution in [-0.2, 0) is 28.1 Å². The fourth-order valence-electron chi connectivity index (χ4n) is 3.99. The summed E-state index contributed by atoms with van der Waals surface area (Å²) in [6.07, 6.45) is 1.69. The van der Waals surface area contributed by atoms with Crippen molar-refractivity contribution in [2.24, 2.45) is 17.6 Å². The van der Waals surface area contributed by atoms with Gasteiger partial charge in [0.15, 0.2) is 6.23 Å². The van der Waals surface area contributed by atoms with Gasteiger partial charge in [-0.15, -0.1) is 0 Å². The highest BCUT2D eigenvalue weighted by Crippen LogP contribution is 2.42. The molecule has 11 nitrogen and oxygen atoms in total. The Labute approximate surface area is 194 Å². The molecule has 12 heteroatoms. The van der Waals surface area contributed by atoms with E-state index in [0.717, 1.165) is 0 Å². The van der Waals surface area contributed by atoms with Crippen molar-refractivity contribution in [2.75, 3.05) is 19.8 Å². The topological polar surface area (TPSA) is 152 Å². The largest absolute Gasteiger partial charge is 0.463 e. The van der Waals surface area contributed by atoms with Crippen molar-refractivity contribution < 1.29 is 28.1 Å². The monoisotopic (exact) mass is 487 g/mol. The minimum Gasteiger partial charge on any atom is -0.463 e. The molecule has 2 heterocycles. The van der Waals surface area contributed by atoms with Crippen molar-refractivity contribution in [1.82, 2.24) is 9.55 Å². The Morgan fingerprint density at radius 2 is 2.06 bits per heavy atom. The molecule has 1 aliphatic rings. The van der Waals surface area contributed by atoms with Gasteiger partial charge in [0, 0.05) is 31.4 Å². The zero-order valence-electron chi connectivity index (χ0n) is 19.5. The molecule has 0 aromatic carbocycles. The summed E-state index contributed by atoms with van der Waals surface area (Å²) in [7, 11) is -0.485. The molecular weight excluding hydrogens is 453 g/mol. The van der Waals surface area contributed by atoms with Crippen LogP contribution in [0.3, 0.4) is 0 Å². The first-order valence-electron chi connectivity index (χ1n) is 11.1. The molecule has 0 saturated carbocycles. The smallest absolute Gasteiger partial charge is 0.330 e. The molecule has 33 heavy (non-hydrogen) atoms. The van der Waals surface area contributed by atoms with Crippen LogP contribution in [-0.4, -0.2) is 53.1 Å². The third-order valence-electron chi connectivity index (χ3n) is 5.73. The van der Waals surface area contributed by atoms with E-state index in [1.807, 2.05) is 20.8 Å². The lowest BCUT2D eigenvalue weighted by Gasteiger charge is -2.31. The van der Waals surface area contributed by atoms with Crippen molar-refractivity contribution >= 4 is 14.7 Å². The Morgan fingerprint density at radius 3 is 2.70 bits per heavy atom. The van der Waals surface area contributed by atoms with E-state index < -0.39 is 37.8 Å². The number of esters is 1. The average Bonchev–Trinajstić information content (AvgIpc) is 2.98. The molecule has 1 aliphatic heterocycles. The van der Waals surface area contributed by atoms with Crippen LogP contribution in [0.1, 0.15) is 53.2 Å². The van der Waals surface area contributed by atoms with Crippen LogP contribution in [0, 0.1) is 11.8 Å². The second-order valence-corrected chi connectivity index (χ2v) is 9.22. The molecule has 186 valence electrons. The third kappa shape index (κ3) is 7.55. The number of hydrogen-bond acceptors (Lipinski definition) is 9. The zero-order chi connectivity index (χ0) is 24.6. The van der Waals surface area contributed by atoms with Crippen LogP contribution < -0.4 is 17.0 Å². The van der Waals surface area contributed by atoms with Crippen molar-refractivity contribution in [1.29, 1.82) is 0 Å². The molecule has 1 fully saturated rings. The molecule has 3 N–H and O–H groups in total. The summed E-state index contributed by atoms with van der Waals surface area (Å²) in [4.78, 5) is 37.7. The lowest BCUT2D eigenvalue weighted by atomic mass is 9.82. The van der Waals surface area contributed by atoms with Crippen LogP contribution in [0.2, 0.25) is 0 Å². The number of hydrogen-bond donors (Lipinski definition) is 2. The van der Waals surface area contributed by atoms with Crippen LogP contribution in [0.4, 0.5) is 0 Å². The first-order valence-corrected chi connectivity index (χ1v) is 11.8. The molecule has 5 atom stereocenters. The summed E-state index contributed by atoms with van der Waals surface area (Å²) in [5.41, 5.74) is 4.46. The van der Waals surface area contributed by atoms with Gasteiger partial charge in [-0.1, -0.05) is 6.92 Å². The SMILES string of the molecule is CC(C)OC(=O)C(C)CCCOCC[C@@H]1[C@@H](COP=O)O[C@@H](n2ccc(=O)[nH]c2=O)[C@]1(C)N. The summed E-state index contributed by atoms with van der Waals surface area (Å²) >= 11 is 0. The number of rotatable bonds is 13. The minimum atomic E-state index is -0.992. The maximum Gasteiger partial charge on any atom is 0.330 e. The molecule has 0 bridgehead atoms. The maximum absolute atomic E-state index is 12.3. The van der Waals surface area contributed by atoms with E-state index in [1.54, 1.807) is 6.92 Å². The van der Waals surface area contributed by atoms with Crippen LogP contribution >= 0.6 is 8.69 Å². The van der Waals surface area contributed by atoms with E-state index in [4.69, 9.17) is 24.5 Å². The highest BCUT2D eigenvalue weighted by molar-refractivity contribution is 7.17. The zero-order valence-corrected chi connectivity index (χ0v) is 20.4. The molecule has 0 aliphatic carbocycles. The number of aromatic amines is 1. The van der Waals surface area contributed by atoms with Crippen molar-refractivity contribution in [3.8, 4) is 0 Å². The van der Waals surface area contributed by atoms with E-state index in [-0.39, 0.29) is 30.5 Å². The maximum atomic E-state index is 12.3. The number of carbonyl (C=O) groups excluding carboxylic acids is 1. The number of nitrogens with zero attached hydrogens (tertiary/aromatic N) is 1. The summed E-state index contributed by atoms with van der Waals surface area (Å²) in [6, 6.07) is 1.22. The summed E-state index contributed by atoms with van der Waals surface area (Å²) < 4.78 is 34.0. The number of aromatic nitrogens is 2. The minimum absolute atomic E-state index is 0.0204. The Balaban J connectivity index is 1.93. The molecule has 1 saturated heterocycles. The Bertz CT molecular complexity index is 900. The van der Waals surface area contributed by atoms with Crippen LogP contribution in [0.5, 0.6) is 0 Å². The predicted molar refractivity (Wildman–Crippen MR) is 120 cm³/mol. The summed E-state index contributed by atoms with van der Waals surface area (Å²) in [6.45, 7) is 8.10. The predicted octanol–water partition coefficient (Wildman–Crippen LogP) is 1.77. The highest BCUT2D eigenvalue weighted by Gasteiger charge is 2.52. The Hall–Kier alpha value is -1.91. The molecule has 1 aromatic rings. The number of nitrogens with two attached hydrogens (primary N) is 1. The van der Waals surface area contributed by atoms with Crippen molar-refractivity contribution in [3.63, 3.8) is 0 Å². The van der Waals surface area contributed by atoms with Gasteiger partial charge in [0.2, 0.25) is 0 Å². The van der Waals surface area contributed by atoms with E-state index in [1.165, 1.54) is 16.8 Å². The van der Waals surface area contributed by atoms with Gasteiger partial charge in [0.25, 0.3) is 5.56 Å².